The maximum Gasteiger partial charge on any atom is 0.133 e. The Hall–Kier alpha value is -0.650. The lowest BCUT2D eigenvalue weighted by Gasteiger charge is -2.24. The van der Waals surface area contributed by atoms with Gasteiger partial charge in [-0.05, 0) is 47.9 Å². The Morgan fingerprint density at radius 3 is 3.00 bits per heavy atom. The second-order valence-corrected chi connectivity index (χ2v) is 6.01. The quantitative estimate of drug-likeness (QED) is 0.919. The topological polar surface area (TPSA) is 39.6 Å². The second kappa shape index (κ2) is 5.99. The number of pyridine rings is 1. The van der Waals surface area contributed by atoms with Gasteiger partial charge in [-0.1, -0.05) is 0 Å². The highest BCUT2D eigenvalue weighted by Crippen LogP contribution is 2.23. The monoisotopic (exact) mass is 313 g/mol. The number of aliphatic hydroxyl groups is 1. The van der Waals surface area contributed by atoms with E-state index in [0.717, 1.165) is 28.9 Å². The molecule has 5 heteroatoms. The fourth-order valence-corrected chi connectivity index (χ4v) is 2.96. The summed E-state index contributed by atoms with van der Waals surface area (Å²) in [5.41, 5.74) is 0.873. The molecule has 1 N–H and O–H groups in total. The van der Waals surface area contributed by atoms with Crippen LogP contribution in [-0.4, -0.2) is 48.7 Å². The highest BCUT2D eigenvalue weighted by molar-refractivity contribution is 9.10. The van der Waals surface area contributed by atoms with Crippen LogP contribution >= 0.6 is 15.9 Å². The van der Waals surface area contributed by atoms with E-state index in [9.17, 15) is 5.11 Å². The van der Waals surface area contributed by atoms with E-state index in [1.807, 2.05) is 13.1 Å². The summed E-state index contributed by atoms with van der Waals surface area (Å²) in [6, 6.07) is 1.93. The van der Waals surface area contributed by atoms with E-state index < -0.39 is 0 Å². The molecule has 1 aliphatic rings. The molecule has 1 atom stereocenters. The maximum absolute atomic E-state index is 9.40. The molecule has 4 nitrogen and oxygen atoms in total. The molecule has 0 saturated carbocycles. The first-order valence-corrected chi connectivity index (χ1v) is 7.04. The van der Waals surface area contributed by atoms with E-state index in [0.29, 0.717) is 5.92 Å². The van der Waals surface area contributed by atoms with Gasteiger partial charge in [0.1, 0.15) is 5.82 Å². The van der Waals surface area contributed by atoms with Crippen molar-refractivity contribution < 1.29 is 5.11 Å². The molecule has 1 unspecified atom stereocenters. The molecule has 2 rings (SSSR count). The van der Waals surface area contributed by atoms with Crippen LogP contribution in [0.4, 0.5) is 5.82 Å². The smallest absolute Gasteiger partial charge is 0.133 e. The Kier molecular flexibility index (Phi) is 4.59. The number of rotatable bonds is 4. The van der Waals surface area contributed by atoms with Gasteiger partial charge in [0, 0.05) is 36.4 Å². The molecule has 18 heavy (non-hydrogen) atoms. The van der Waals surface area contributed by atoms with Gasteiger partial charge in [0.05, 0.1) is 6.61 Å². The third-order valence-electron chi connectivity index (χ3n) is 3.46. The average molecular weight is 314 g/mol. The summed E-state index contributed by atoms with van der Waals surface area (Å²) in [6.45, 7) is 3.34. The molecule has 1 aliphatic heterocycles. The first-order valence-electron chi connectivity index (χ1n) is 6.25. The molecule has 0 radical (unpaired) electrons. The number of halogens is 1. The minimum Gasteiger partial charge on any atom is -0.392 e. The molecule has 1 saturated heterocycles. The number of likely N-dealkylation sites (tertiary alicyclic amines) is 1. The van der Waals surface area contributed by atoms with Crippen LogP contribution in [0.3, 0.4) is 0 Å². The molecule has 1 fully saturated rings. The van der Waals surface area contributed by atoms with E-state index in [2.05, 4.69) is 37.8 Å². The molecule has 0 spiro atoms. The zero-order valence-electron chi connectivity index (χ0n) is 10.9. The Bertz CT molecular complexity index is 413. The van der Waals surface area contributed by atoms with Gasteiger partial charge in [-0.15, -0.1) is 0 Å². The van der Waals surface area contributed by atoms with Gasteiger partial charge in [-0.3, -0.25) is 0 Å². The predicted molar refractivity (Wildman–Crippen MR) is 76.7 cm³/mol. The van der Waals surface area contributed by atoms with Crippen molar-refractivity contribution in [3.8, 4) is 0 Å². The molecule has 0 amide bonds. The zero-order valence-corrected chi connectivity index (χ0v) is 12.5. The SMILES string of the molecule is CN1CCC(CN(C)c2ncc(Br)cc2CO)C1. The number of nitrogens with zero attached hydrogens (tertiary/aromatic N) is 3. The first-order chi connectivity index (χ1) is 8.60. The largest absolute Gasteiger partial charge is 0.392 e. The average Bonchev–Trinajstić information content (AvgIpc) is 2.74. The zero-order chi connectivity index (χ0) is 13.1. The Morgan fingerprint density at radius 2 is 2.39 bits per heavy atom. The Balaban J connectivity index is 2.06. The summed E-state index contributed by atoms with van der Waals surface area (Å²) in [4.78, 5) is 8.93. The van der Waals surface area contributed by atoms with Crippen LogP contribution in [0.1, 0.15) is 12.0 Å². The van der Waals surface area contributed by atoms with Crippen LogP contribution in [0.25, 0.3) is 0 Å². The molecule has 0 aromatic carbocycles. The fraction of sp³-hybridized carbons (Fsp3) is 0.615. The number of aliphatic hydroxyl groups excluding tert-OH is 1. The standard InChI is InChI=1S/C13H20BrN3O/c1-16-4-3-10(7-16)8-17(2)13-11(9-18)5-12(14)6-15-13/h5-6,10,18H,3-4,7-9H2,1-2H3. The Morgan fingerprint density at radius 1 is 1.61 bits per heavy atom. The van der Waals surface area contributed by atoms with Crippen molar-refractivity contribution in [3.05, 3.63) is 22.3 Å². The van der Waals surface area contributed by atoms with E-state index in [-0.39, 0.29) is 6.61 Å². The summed E-state index contributed by atoms with van der Waals surface area (Å²) >= 11 is 3.38. The van der Waals surface area contributed by atoms with Crippen molar-refractivity contribution in [2.24, 2.45) is 5.92 Å². The van der Waals surface area contributed by atoms with E-state index >= 15 is 0 Å². The molecule has 1 aromatic rings. The van der Waals surface area contributed by atoms with E-state index in [1.54, 1.807) is 6.20 Å². The lowest BCUT2D eigenvalue weighted by atomic mass is 10.1. The minimum absolute atomic E-state index is 0.0245. The van der Waals surface area contributed by atoms with Crippen LogP contribution in [0, 0.1) is 5.92 Å². The van der Waals surface area contributed by atoms with Crippen molar-refractivity contribution in [2.75, 3.05) is 38.6 Å². The first kappa shape index (κ1) is 13.8. The summed E-state index contributed by atoms with van der Waals surface area (Å²) < 4.78 is 0.907. The van der Waals surface area contributed by atoms with Gasteiger partial charge >= 0.3 is 0 Å². The van der Waals surface area contributed by atoms with E-state index in [1.165, 1.54) is 13.0 Å². The lowest BCUT2D eigenvalue weighted by molar-refractivity contribution is 0.281. The fourth-order valence-electron chi connectivity index (χ4n) is 2.58. The van der Waals surface area contributed by atoms with Gasteiger partial charge in [0.15, 0.2) is 0 Å². The number of hydrogen-bond donors (Lipinski definition) is 1. The van der Waals surface area contributed by atoms with Gasteiger partial charge in [-0.25, -0.2) is 4.98 Å². The van der Waals surface area contributed by atoms with E-state index in [4.69, 9.17) is 0 Å². The van der Waals surface area contributed by atoms with Crippen molar-refractivity contribution in [3.63, 3.8) is 0 Å². The van der Waals surface area contributed by atoms with Crippen LogP contribution < -0.4 is 4.90 Å². The third-order valence-corrected chi connectivity index (χ3v) is 3.90. The highest BCUT2D eigenvalue weighted by atomic mass is 79.9. The number of hydrogen-bond acceptors (Lipinski definition) is 4. The summed E-state index contributed by atoms with van der Waals surface area (Å²) in [5, 5.41) is 9.40. The third kappa shape index (κ3) is 3.22. The maximum atomic E-state index is 9.40. The van der Waals surface area contributed by atoms with Crippen molar-refractivity contribution in [1.29, 1.82) is 0 Å². The molecule has 1 aromatic heterocycles. The van der Waals surface area contributed by atoms with Crippen LogP contribution in [-0.2, 0) is 6.61 Å². The number of anilines is 1. The summed E-state index contributed by atoms with van der Waals surface area (Å²) in [6.07, 6.45) is 3.03. The van der Waals surface area contributed by atoms with Crippen molar-refractivity contribution in [1.82, 2.24) is 9.88 Å². The molecule has 0 aliphatic carbocycles. The molecule has 100 valence electrons. The lowest BCUT2D eigenvalue weighted by Crippen LogP contribution is -2.28. The second-order valence-electron chi connectivity index (χ2n) is 5.09. The van der Waals surface area contributed by atoms with Crippen molar-refractivity contribution >= 4 is 21.7 Å². The van der Waals surface area contributed by atoms with Gasteiger partial charge in [0.2, 0.25) is 0 Å². The van der Waals surface area contributed by atoms with Crippen molar-refractivity contribution in [2.45, 2.75) is 13.0 Å². The summed E-state index contributed by atoms with van der Waals surface area (Å²) in [5.74, 6) is 1.58. The summed E-state index contributed by atoms with van der Waals surface area (Å²) in [7, 11) is 4.21. The van der Waals surface area contributed by atoms with Crippen LogP contribution in [0.15, 0.2) is 16.7 Å². The predicted octanol–water partition coefficient (Wildman–Crippen LogP) is 1.72. The van der Waals surface area contributed by atoms with Gasteiger partial charge in [-0.2, -0.15) is 0 Å². The molecular formula is C13H20BrN3O. The highest BCUT2D eigenvalue weighted by Gasteiger charge is 2.22. The minimum atomic E-state index is 0.0245. The van der Waals surface area contributed by atoms with Gasteiger partial charge in [0.25, 0.3) is 0 Å². The van der Waals surface area contributed by atoms with Crippen LogP contribution in [0.2, 0.25) is 0 Å². The van der Waals surface area contributed by atoms with Crippen LogP contribution in [0.5, 0.6) is 0 Å². The molecular weight excluding hydrogens is 294 g/mol. The Labute approximate surface area is 117 Å². The molecule has 0 bridgehead atoms. The molecule has 2 heterocycles. The number of aromatic nitrogens is 1. The normalized spacial score (nSPS) is 20.3. The van der Waals surface area contributed by atoms with Gasteiger partial charge < -0.3 is 14.9 Å².